The molecule has 0 aliphatic carbocycles. The number of hydrogen-bond acceptors (Lipinski definition) is 2. The Bertz CT molecular complexity index is 336. The molecule has 2 nitrogen and oxygen atoms in total. The van der Waals surface area contributed by atoms with Crippen LogP contribution in [0.25, 0.3) is 0 Å². The molecule has 16 heavy (non-hydrogen) atoms. The van der Waals surface area contributed by atoms with E-state index < -0.39 is 8.07 Å². The van der Waals surface area contributed by atoms with E-state index in [0.717, 1.165) is 12.4 Å². The van der Waals surface area contributed by atoms with E-state index in [4.69, 9.17) is 9.47 Å². The van der Waals surface area contributed by atoms with Gasteiger partial charge in [-0.15, -0.1) is 0 Å². The van der Waals surface area contributed by atoms with Gasteiger partial charge in [0.1, 0.15) is 18.5 Å². The van der Waals surface area contributed by atoms with Gasteiger partial charge in [-0.3, -0.25) is 0 Å². The summed E-state index contributed by atoms with van der Waals surface area (Å²) in [5, 5.41) is 0. The zero-order valence-electron chi connectivity index (χ0n) is 10.3. The number of ether oxygens (including phenoxy) is 2. The first-order valence-electron chi connectivity index (χ1n) is 5.86. The van der Waals surface area contributed by atoms with Crippen LogP contribution in [0.1, 0.15) is 5.56 Å². The van der Waals surface area contributed by atoms with Gasteiger partial charge >= 0.3 is 0 Å². The van der Waals surface area contributed by atoms with Crippen molar-refractivity contribution in [1.82, 2.24) is 0 Å². The Kier molecular flexibility index (Phi) is 3.35. The molecule has 1 atom stereocenters. The molecular formula is C13H20O2Si. The highest BCUT2D eigenvalue weighted by Crippen LogP contribution is 2.18. The standard InChI is InChI=1S/C13H20O2Si/c1-16(2,3)10-11-4-6-12(7-5-11)14-8-13-9-15-13/h4-7,13H,8-10H2,1-3H3. The summed E-state index contributed by atoms with van der Waals surface area (Å²) in [6, 6.07) is 9.73. The molecule has 0 bridgehead atoms. The van der Waals surface area contributed by atoms with Crippen molar-refractivity contribution in [3.05, 3.63) is 29.8 Å². The molecule has 0 spiro atoms. The lowest BCUT2D eigenvalue weighted by Gasteiger charge is -2.15. The number of hydrogen-bond donors (Lipinski definition) is 0. The van der Waals surface area contributed by atoms with Crippen LogP contribution in [0.3, 0.4) is 0 Å². The second-order valence-corrected chi connectivity index (χ2v) is 11.1. The fourth-order valence-electron chi connectivity index (χ4n) is 1.67. The fourth-order valence-corrected chi connectivity index (χ4v) is 3.13. The highest BCUT2D eigenvalue weighted by molar-refractivity contribution is 6.75. The molecule has 1 aromatic carbocycles. The Morgan fingerprint density at radius 1 is 1.25 bits per heavy atom. The molecule has 0 N–H and O–H groups in total. The molecule has 0 amide bonds. The van der Waals surface area contributed by atoms with Gasteiger partial charge in [0.25, 0.3) is 0 Å². The minimum Gasteiger partial charge on any atom is -0.491 e. The van der Waals surface area contributed by atoms with Crippen molar-refractivity contribution in [2.45, 2.75) is 31.8 Å². The molecule has 1 aliphatic rings. The molecular weight excluding hydrogens is 216 g/mol. The van der Waals surface area contributed by atoms with Gasteiger partial charge in [-0.2, -0.15) is 0 Å². The summed E-state index contributed by atoms with van der Waals surface area (Å²) in [6.45, 7) is 8.71. The van der Waals surface area contributed by atoms with Crippen molar-refractivity contribution < 1.29 is 9.47 Å². The number of epoxide rings is 1. The van der Waals surface area contributed by atoms with E-state index in [1.807, 2.05) is 0 Å². The Hall–Kier alpha value is -0.803. The Labute approximate surface area is 98.6 Å². The van der Waals surface area contributed by atoms with Crippen molar-refractivity contribution >= 4 is 8.07 Å². The quantitative estimate of drug-likeness (QED) is 0.579. The van der Waals surface area contributed by atoms with Gasteiger partial charge in [-0.25, -0.2) is 0 Å². The Morgan fingerprint density at radius 3 is 2.38 bits per heavy atom. The summed E-state index contributed by atoms with van der Waals surface area (Å²) >= 11 is 0. The molecule has 3 heteroatoms. The van der Waals surface area contributed by atoms with Crippen LogP contribution >= 0.6 is 0 Å². The van der Waals surface area contributed by atoms with Crippen LogP contribution in [0.5, 0.6) is 5.75 Å². The Balaban J connectivity index is 1.87. The van der Waals surface area contributed by atoms with E-state index in [9.17, 15) is 0 Å². The molecule has 1 unspecified atom stereocenters. The molecule has 1 heterocycles. The van der Waals surface area contributed by atoms with Gasteiger partial charge < -0.3 is 9.47 Å². The van der Waals surface area contributed by atoms with Gasteiger partial charge in [0.15, 0.2) is 0 Å². The highest BCUT2D eigenvalue weighted by Gasteiger charge is 2.23. The monoisotopic (exact) mass is 236 g/mol. The minimum atomic E-state index is -1.00. The summed E-state index contributed by atoms with van der Waals surface area (Å²) in [7, 11) is -1.00. The van der Waals surface area contributed by atoms with Crippen LogP contribution in [0.15, 0.2) is 24.3 Å². The molecule has 1 aliphatic heterocycles. The molecule has 88 valence electrons. The van der Waals surface area contributed by atoms with E-state index in [-0.39, 0.29) is 0 Å². The second-order valence-electron chi connectivity index (χ2n) is 5.65. The second kappa shape index (κ2) is 4.59. The third kappa shape index (κ3) is 3.98. The fraction of sp³-hybridized carbons (Fsp3) is 0.538. The van der Waals surface area contributed by atoms with Crippen LogP contribution in [0.2, 0.25) is 19.6 Å². The van der Waals surface area contributed by atoms with Crippen molar-refractivity contribution in [2.24, 2.45) is 0 Å². The molecule has 1 aromatic rings. The lowest BCUT2D eigenvalue weighted by Crippen LogP contribution is -2.23. The van der Waals surface area contributed by atoms with Crippen LogP contribution < -0.4 is 4.74 Å². The largest absolute Gasteiger partial charge is 0.491 e. The SMILES string of the molecule is C[Si](C)(C)Cc1ccc(OCC2CO2)cc1. The van der Waals surface area contributed by atoms with Gasteiger partial charge in [0.05, 0.1) is 6.61 Å². The van der Waals surface area contributed by atoms with Gasteiger partial charge in [0, 0.05) is 8.07 Å². The molecule has 2 rings (SSSR count). The lowest BCUT2D eigenvalue weighted by atomic mass is 10.2. The third-order valence-electron chi connectivity index (χ3n) is 2.50. The average Bonchev–Trinajstić information content (AvgIpc) is 2.98. The van der Waals surface area contributed by atoms with E-state index >= 15 is 0 Å². The maximum Gasteiger partial charge on any atom is 0.119 e. The van der Waals surface area contributed by atoms with Crippen molar-refractivity contribution in [2.75, 3.05) is 13.2 Å². The number of benzene rings is 1. The topological polar surface area (TPSA) is 21.8 Å². The Morgan fingerprint density at radius 2 is 1.88 bits per heavy atom. The normalized spacial score (nSPS) is 19.6. The van der Waals surface area contributed by atoms with E-state index in [1.54, 1.807) is 0 Å². The smallest absolute Gasteiger partial charge is 0.119 e. The molecule has 1 fully saturated rings. The van der Waals surface area contributed by atoms with E-state index in [2.05, 4.69) is 43.9 Å². The first kappa shape index (κ1) is 11.7. The van der Waals surface area contributed by atoms with Crippen molar-refractivity contribution in [3.8, 4) is 5.75 Å². The third-order valence-corrected chi connectivity index (χ3v) is 3.96. The van der Waals surface area contributed by atoms with Crippen LogP contribution in [-0.4, -0.2) is 27.4 Å². The van der Waals surface area contributed by atoms with Crippen LogP contribution in [0, 0.1) is 0 Å². The summed E-state index contributed by atoms with van der Waals surface area (Å²) in [5.74, 6) is 0.954. The average molecular weight is 236 g/mol. The van der Waals surface area contributed by atoms with Gasteiger partial charge in [-0.1, -0.05) is 37.3 Å². The van der Waals surface area contributed by atoms with Crippen molar-refractivity contribution in [3.63, 3.8) is 0 Å². The van der Waals surface area contributed by atoms with Gasteiger partial charge in [0.2, 0.25) is 0 Å². The van der Waals surface area contributed by atoms with Crippen molar-refractivity contribution in [1.29, 1.82) is 0 Å². The maximum absolute atomic E-state index is 5.60. The van der Waals surface area contributed by atoms with E-state index in [0.29, 0.717) is 12.7 Å². The van der Waals surface area contributed by atoms with Crippen LogP contribution in [0.4, 0.5) is 0 Å². The predicted molar refractivity (Wildman–Crippen MR) is 68.7 cm³/mol. The van der Waals surface area contributed by atoms with E-state index in [1.165, 1.54) is 11.6 Å². The summed E-state index contributed by atoms with van der Waals surface area (Å²) in [4.78, 5) is 0. The maximum atomic E-state index is 5.60. The molecule has 0 radical (unpaired) electrons. The predicted octanol–water partition coefficient (Wildman–Crippen LogP) is 2.88. The molecule has 0 aromatic heterocycles. The zero-order chi connectivity index (χ0) is 11.6. The van der Waals surface area contributed by atoms with Crippen LogP contribution in [-0.2, 0) is 10.8 Å². The molecule has 0 saturated carbocycles. The summed E-state index contributed by atoms with van der Waals surface area (Å²) < 4.78 is 10.7. The van der Waals surface area contributed by atoms with Gasteiger partial charge in [-0.05, 0) is 18.2 Å². The zero-order valence-corrected chi connectivity index (χ0v) is 11.3. The summed E-state index contributed by atoms with van der Waals surface area (Å²) in [6.07, 6.45) is 0.335. The molecule has 1 saturated heterocycles. The lowest BCUT2D eigenvalue weighted by molar-refractivity contribution is 0.263. The first-order valence-corrected chi connectivity index (χ1v) is 9.57. The highest BCUT2D eigenvalue weighted by atomic mass is 28.3. The summed E-state index contributed by atoms with van der Waals surface area (Å²) in [5.41, 5.74) is 1.43. The first-order chi connectivity index (χ1) is 7.53. The number of rotatable bonds is 5. The minimum absolute atomic E-state index is 0.335.